The van der Waals surface area contributed by atoms with Crippen LogP contribution < -0.4 is 15.6 Å². The summed E-state index contributed by atoms with van der Waals surface area (Å²) in [5, 5.41) is 5.56. The van der Waals surface area contributed by atoms with Crippen molar-refractivity contribution in [2.24, 2.45) is 0 Å². The fourth-order valence-electron chi connectivity index (χ4n) is 4.83. The van der Waals surface area contributed by atoms with Gasteiger partial charge in [0.15, 0.2) is 0 Å². The number of carbonyl (C=O) groups is 1. The molecule has 1 unspecified atom stereocenters. The Morgan fingerprint density at radius 2 is 1.97 bits per heavy atom. The van der Waals surface area contributed by atoms with E-state index in [1.165, 1.54) is 5.56 Å². The molecule has 0 fully saturated rings. The maximum Gasteiger partial charge on any atom is 0.258 e. The van der Waals surface area contributed by atoms with Crippen LogP contribution in [0.1, 0.15) is 40.5 Å². The fourth-order valence-corrected chi connectivity index (χ4v) is 4.83. The van der Waals surface area contributed by atoms with Gasteiger partial charge in [0, 0.05) is 47.2 Å². The Hall–Kier alpha value is -3.58. The van der Waals surface area contributed by atoms with Gasteiger partial charge >= 0.3 is 0 Å². The molecule has 0 saturated heterocycles. The Labute approximate surface area is 191 Å². The zero-order valence-corrected chi connectivity index (χ0v) is 18.8. The van der Waals surface area contributed by atoms with E-state index in [1.54, 1.807) is 31.0 Å². The standard InChI is InChI=1S/C26H27N3O4/c1-32-13-12-29-15-21(17-6-3-4-7-19(17)26(29)31)25(30)28-23-9-5-8-18-20-14-16(33-2)10-11-22(20)27-24(18)23/h3-4,6-7,10-11,14-15,23,27H,5,8-9,12-13H2,1-2H3,(H,28,30). The van der Waals surface area contributed by atoms with Crippen LogP contribution in [0.2, 0.25) is 0 Å². The summed E-state index contributed by atoms with van der Waals surface area (Å²) in [5.74, 6) is 0.631. The second-order valence-electron chi connectivity index (χ2n) is 8.43. The van der Waals surface area contributed by atoms with Crippen molar-refractivity contribution in [1.29, 1.82) is 0 Å². The number of aryl methyl sites for hydroxylation is 1. The smallest absolute Gasteiger partial charge is 0.258 e. The Bertz CT molecular complexity index is 1400. The van der Waals surface area contributed by atoms with E-state index in [0.717, 1.165) is 41.6 Å². The van der Waals surface area contributed by atoms with E-state index < -0.39 is 0 Å². The summed E-state index contributed by atoms with van der Waals surface area (Å²) < 4.78 is 12.1. The Kier molecular flexibility index (Phi) is 5.64. The number of ether oxygens (including phenoxy) is 2. The molecular formula is C26H27N3O4. The van der Waals surface area contributed by atoms with Gasteiger partial charge in [-0.05, 0) is 49.1 Å². The normalized spacial score (nSPS) is 15.5. The van der Waals surface area contributed by atoms with Crippen molar-refractivity contribution in [2.75, 3.05) is 20.8 Å². The predicted molar refractivity (Wildman–Crippen MR) is 128 cm³/mol. The number of hydrogen-bond acceptors (Lipinski definition) is 4. The van der Waals surface area contributed by atoms with E-state index >= 15 is 0 Å². The van der Waals surface area contributed by atoms with Gasteiger partial charge in [0.1, 0.15) is 5.75 Å². The largest absolute Gasteiger partial charge is 0.497 e. The first kappa shape index (κ1) is 21.3. The Morgan fingerprint density at radius 1 is 1.15 bits per heavy atom. The van der Waals surface area contributed by atoms with Crippen LogP contribution in [-0.2, 0) is 17.7 Å². The third-order valence-corrected chi connectivity index (χ3v) is 6.49. The first-order valence-electron chi connectivity index (χ1n) is 11.2. The maximum absolute atomic E-state index is 13.5. The molecule has 0 spiro atoms. The van der Waals surface area contributed by atoms with Gasteiger partial charge in [-0.15, -0.1) is 0 Å². The van der Waals surface area contributed by atoms with Crippen molar-refractivity contribution in [3.8, 4) is 5.75 Å². The number of hydrogen-bond donors (Lipinski definition) is 2. The average Bonchev–Trinajstić information content (AvgIpc) is 3.22. The van der Waals surface area contributed by atoms with Crippen molar-refractivity contribution < 1.29 is 14.3 Å². The molecule has 0 radical (unpaired) electrons. The van der Waals surface area contributed by atoms with E-state index in [1.807, 2.05) is 36.4 Å². The highest BCUT2D eigenvalue weighted by Gasteiger charge is 2.27. The summed E-state index contributed by atoms with van der Waals surface area (Å²) in [6.45, 7) is 0.779. The third-order valence-electron chi connectivity index (χ3n) is 6.49. The number of H-pyrrole nitrogens is 1. The van der Waals surface area contributed by atoms with Gasteiger partial charge in [-0.3, -0.25) is 9.59 Å². The number of rotatable bonds is 6. The number of aromatic nitrogens is 2. The number of fused-ring (bicyclic) bond motifs is 4. The van der Waals surface area contributed by atoms with Gasteiger partial charge < -0.3 is 24.3 Å². The van der Waals surface area contributed by atoms with Gasteiger partial charge in [0.05, 0.1) is 25.3 Å². The molecule has 2 heterocycles. The Balaban J connectivity index is 1.52. The molecule has 2 N–H and O–H groups in total. The molecule has 2 aromatic heterocycles. The minimum atomic E-state index is -0.188. The van der Waals surface area contributed by atoms with Crippen LogP contribution in [0.5, 0.6) is 5.75 Å². The molecule has 0 bridgehead atoms. The molecule has 1 aliphatic rings. The van der Waals surface area contributed by atoms with Crippen LogP contribution in [0.25, 0.3) is 21.7 Å². The second kappa shape index (κ2) is 8.75. The molecule has 0 saturated carbocycles. The van der Waals surface area contributed by atoms with E-state index in [2.05, 4.69) is 10.3 Å². The van der Waals surface area contributed by atoms with Gasteiger partial charge in [-0.25, -0.2) is 0 Å². The van der Waals surface area contributed by atoms with Gasteiger partial charge in [0.2, 0.25) is 0 Å². The molecule has 33 heavy (non-hydrogen) atoms. The lowest BCUT2D eigenvalue weighted by molar-refractivity contribution is 0.0932. The molecule has 1 aliphatic carbocycles. The van der Waals surface area contributed by atoms with Gasteiger partial charge in [-0.2, -0.15) is 0 Å². The van der Waals surface area contributed by atoms with Crippen LogP contribution in [0.15, 0.2) is 53.5 Å². The molecule has 5 rings (SSSR count). The molecule has 7 heteroatoms. The van der Waals surface area contributed by atoms with Crippen molar-refractivity contribution in [3.05, 3.63) is 75.8 Å². The molecule has 4 aromatic rings. The van der Waals surface area contributed by atoms with Crippen LogP contribution in [-0.4, -0.2) is 36.3 Å². The predicted octanol–water partition coefficient (Wildman–Crippen LogP) is 3.95. The maximum atomic E-state index is 13.5. The number of methoxy groups -OCH3 is 2. The second-order valence-corrected chi connectivity index (χ2v) is 8.43. The van der Waals surface area contributed by atoms with Crippen LogP contribution in [0.4, 0.5) is 0 Å². The first-order valence-corrected chi connectivity index (χ1v) is 11.2. The highest BCUT2D eigenvalue weighted by Crippen LogP contribution is 2.36. The third kappa shape index (κ3) is 3.78. The lowest BCUT2D eigenvalue weighted by atomic mass is 9.91. The fraction of sp³-hybridized carbons (Fsp3) is 0.308. The van der Waals surface area contributed by atoms with E-state index in [-0.39, 0.29) is 17.5 Å². The Morgan fingerprint density at radius 3 is 2.76 bits per heavy atom. The number of benzene rings is 2. The molecule has 7 nitrogen and oxygen atoms in total. The summed E-state index contributed by atoms with van der Waals surface area (Å²) >= 11 is 0. The SMILES string of the molecule is COCCn1cc(C(=O)NC2CCCc3c2[nH]c2ccc(OC)cc32)c2ccccc2c1=O. The molecular weight excluding hydrogens is 418 g/mol. The van der Waals surface area contributed by atoms with Crippen molar-refractivity contribution in [3.63, 3.8) is 0 Å². The first-order chi connectivity index (χ1) is 16.1. The summed E-state index contributed by atoms with van der Waals surface area (Å²) in [6, 6.07) is 13.1. The number of nitrogens with one attached hydrogen (secondary N) is 2. The van der Waals surface area contributed by atoms with Crippen molar-refractivity contribution >= 4 is 27.6 Å². The highest BCUT2D eigenvalue weighted by molar-refractivity contribution is 6.06. The topological polar surface area (TPSA) is 85.3 Å². The summed E-state index contributed by atoms with van der Waals surface area (Å²) in [5.41, 5.74) is 3.70. The number of carbonyl (C=O) groups excluding carboxylic acids is 1. The number of nitrogens with zero attached hydrogens (tertiary/aromatic N) is 1. The van der Waals surface area contributed by atoms with Gasteiger partial charge in [0.25, 0.3) is 11.5 Å². The minimum Gasteiger partial charge on any atom is -0.497 e. The van der Waals surface area contributed by atoms with E-state index in [0.29, 0.717) is 29.5 Å². The number of pyridine rings is 1. The molecule has 2 aromatic carbocycles. The summed E-state index contributed by atoms with van der Waals surface area (Å²) in [4.78, 5) is 29.9. The van der Waals surface area contributed by atoms with Gasteiger partial charge in [-0.1, -0.05) is 18.2 Å². The zero-order chi connectivity index (χ0) is 22.9. The van der Waals surface area contributed by atoms with E-state index in [4.69, 9.17) is 9.47 Å². The number of aromatic amines is 1. The quantitative estimate of drug-likeness (QED) is 0.471. The monoisotopic (exact) mass is 445 g/mol. The van der Waals surface area contributed by atoms with Crippen LogP contribution in [0.3, 0.4) is 0 Å². The van der Waals surface area contributed by atoms with Crippen LogP contribution >= 0.6 is 0 Å². The van der Waals surface area contributed by atoms with E-state index in [9.17, 15) is 9.59 Å². The average molecular weight is 446 g/mol. The molecule has 1 atom stereocenters. The van der Waals surface area contributed by atoms with Crippen LogP contribution in [0, 0.1) is 0 Å². The minimum absolute atomic E-state index is 0.122. The lowest BCUT2D eigenvalue weighted by Crippen LogP contribution is -2.33. The summed E-state index contributed by atoms with van der Waals surface area (Å²) in [7, 11) is 3.26. The van der Waals surface area contributed by atoms with Crippen molar-refractivity contribution in [2.45, 2.75) is 31.8 Å². The molecule has 0 aliphatic heterocycles. The highest BCUT2D eigenvalue weighted by atomic mass is 16.5. The van der Waals surface area contributed by atoms with Crippen molar-refractivity contribution in [1.82, 2.24) is 14.9 Å². The lowest BCUT2D eigenvalue weighted by Gasteiger charge is -2.24. The molecule has 1 amide bonds. The zero-order valence-electron chi connectivity index (χ0n) is 18.8. The summed E-state index contributed by atoms with van der Waals surface area (Å²) in [6.07, 6.45) is 4.44. The number of amides is 1. The molecule has 170 valence electrons.